The number of amides is 1. The summed E-state index contributed by atoms with van der Waals surface area (Å²) < 4.78 is 7.57. The van der Waals surface area contributed by atoms with E-state index in [1.165, 1.54) is 6.42 Å². The molecule has 0 spiro atoms. The van der Waals surface area contributed by atoms with E-state index in [4.69, 9.17) is 4.42 Å². The Morgan fingerprint density at radius 2 is 2.08 bits per heavy atom. The van der Waals surface area contributed by atoms with Crippen LogP contribution in [-0.2, 0) is 13.0 Å². The Bertz CT molecular complexity index is 910. The second kappa shape index (κ2) is 6.55. The Hall–Kier alpha value is -2.89. The summed E-state index contributed by atoms with van der Waals surface area (Å²) in [5.41, 5.74) is 1.66. The highest BCUT2D eigenvalue weighted by atomic mass is 16.3. The minimum atomic E-state index is -0.259. The lowest BCUT2D eigenvalue weighted by atomic mass is 10.2. The van der Waals surface area contributed by atoms with Crippen molar-refractivity contribution in [1.29, 1.82) is 0 Å². The van der Waals surface area contributed by atoms with Gasteiger partial charge in [-0.25, -0.2) is 0 Å². The first kappa shape index (κ1) is 15.6. The molecule has 1 aliphatic rings. The van der Waals surface area contributed by atoms with Crippen LogP contribution in [0.15, 0.2) is 40.8 Å². The zero-order valence-corrected chi connectivity index (χ0v) is 14.2. The largest absolute Gasteiger partial charge is 0.456 e. The molecule has 6 nitrogen and oxygen atoms in total. The van der Waals surface area contributed by atoms with E-state index in [2.05, 4.69) is 20.1 Å². The summed E-state index contributed by atoms with van der Waals surface area (Å²) in [4.78, 5) is 12.3. The van der Waals surface area contributed by atoms with Crippen molar-refractivity contribution >= 4 is 11.6 Å². The fraction of sp³-hybridized carbons (Fsp3) is 0.316. The van der Waals surface area contributed by atoms with Gasteiger partial charge < -0.3 is 14.3 Å². The lowest BCUT2D eigenvalue weighted by Crippen LogP contribution is -2.11. The topological polar surface area (TPSA) is 73.0 Å². The van der Waals surface area contributed by atoms with Gasteiger partial charge in [0.1, 0.15) is 11.6 Å². The highest BCUT2D eigenvalue weighted by Crippen LogP contribution is 2.25. The summed E-state index contributed by atoms with van der Waals surface area (Å²) >= 11 is 0. The smallest absolute Gasteiger partial charge is 0.291 e. The molecule has 1 N–H and O–H groups in total. The number of aryl methyl sites for hydroxylation is 2. The number of carbonyl (C=O) groups is 1. The Labute approximate surface area is 145 Å². The highest BCUT2D eigenvalue weighted by molar-refractivity contribution is 6.02. The van der Waals surface area contributed by atoms with E-state index in [-0.39, 0.29) is 5.91 Å². The molecule has 1 amide bonds. The second-order valence-electron chi connectivity index (χ2n) is 6.35. The van der Waals surface area contributed by atoms with Gasteiger partial charge in [-0.3, -0.25) is 4.79 Å². The molecule has 0 fully saturated rings. The van der Waals surface area contributed by atoms with E-state index in [9.17, 15) is 4.79 Å². The molecule has 4 rings (SSSR count). The van der Waals surface area contributed by atoms with Gasteiger partial charge in [-0.1, -0.05) is 18.6 Å². The van der Waals surface area contributed by atoms with Crippen LogP contribution in [0.3, 0.4) is 0 Å². The molecule has 128 valence electrons. The minimum absolute atomic E-state index is 0.259. The fourth-order valence-corrected chi connectivity index (χ4v) is 3.18. The molecule has 1 aromatic carbocycles. The molecule has 3 aromatic rings. The normalized spacial score (nSPS) is 14.0. The molecule has 1 aliphatic heterocycles. The van der Waals surface area contributed by atoms with E-state index in [1.54, 1.807) is 12.1 Å². The predicted molar refractivity (Wildman–Crippen MR) is 94.4 cm³/mol. The van der Waals surface area contributed by atoms with Crippen LogP contribution in [0, 0.1) is 6.92 Å². The van der Waals surface area contributed by atoms with Crippen molar-refractivity contribution in [3.05, 3.63) is 53.7 Å². The zero-order chi connectivity index (χ0) is 17.2. The van der Waals surface area contributed by atoms with Gasteiger partial charge in [0, 0.05) is 24.2 Å². The summed E-state index contributed by atoms with van der Waals surface area (Å²) in [7, 11) is 0. The number of nitrogens with one attached hydrogen (secondary N) is 1. The number of hydrogen-bond acceptors (Lipinski definition) is 4. The molecule has 0 atom stereocenters. The van der Waals surface area contributed by atoms with Crippen LogP contribution < -0.4 is 5.32 Å². The van der Waals surface area contributed by atoms with Crippen molar-refractivity contribution in [1.82, 2.24) is 14.8 Å². The lowest BCUT2D eigenvalue weighted by Gasteiger charge is -2.09. The van der Waals surface area contributed by atoms with Crippen LogP contribution in [0.2, 0.25) is 0 Å². The van der Waals surface area contributed by atoms with E-state index in [1.807, 2.05) is 31.2 Å². The Morgan fingerprint density at radius 3 is 2.92 bits per heavy atom. The van der Waals surface area contributed by atoms with Crippen LogP contribution >= 0.6 is 0 Å². The molecule has 6 heteroatoms. The Morgan fingerprint density at radius 1 is 1.16 bits per heavy atom. The van der Waals surface area contributed by atoms with Crippen LogP contribution in [0.5, 0.6) is 0 Å². The average Bonchev–Trinajstić information content (AvgIpc) is 3.15. The van der Waals surface area contributed by atoms with Crippen molar-refractivity contribution in [2.75, 3.05) is 5.32 Å². The first-order valence-corrected chi connectivity index (χ1v) is 8.61. The lowest BCUT2D eigenvalue weighted by molar-refractivity contribution is 0.0995. The molecule has 0 aliphatic carbocycles. The van der Waals surface area contributed by atoms with Crippen LogP contribution in [0.4, 0.5) is 5.69 Å². The maximum Gasteiger partial charge on any atom is 0.291 e. The van der Waals surface area contributed by atoms with E-state index in [0.717, 1.165) is 43.0 Å². The molecule has 0 radical (unpaired) electrons. The number of aromatic nitrogens is 3. The number of hydrogen-bond donors (Lipinski definition) is 1. The first-order chi connectivity index (χ1) is 12.2. The summed E-state index contributed by atoms with van der Waals surface area (Å²) in [5, 5.41) is 11.6. The maximum atomic E-state index is 12.3. The summed E-state index contributed by atoms with van der Waals surface area (Å²) in [6.07, 6.45) is 4.51. The molecule has 0 bridgehead atoms. The van der Waals surface area contributed by atoms with E-state index < -0.39 is 0 Å². The van der Waals surface area contributed by atoms with Crippen molar-refractivity contribution in [2.24, 2.45) is 0 Å². The van der Waals surface area contributed by atoms with Crippen LogP contribution in [-0.4, -0.2) is 20.7 Å². The molecule has 25 heavy (non-hydrogen) atoms. The molecule has 0 unspecified atom stereocenters. The first-order valence-electron chi connectivity index (χ1n) is 8.61. The number of nitrogens with zero attached hydrogens (tertiary/aromatic N) is 3. The molecular weight excluding hydrogens is 316 g/mol. The highest BCUT2D eigenvalue weighted by Gasteiger charge is 2.17. The van der Waals surface area contributed by atoms with E-state index in [0.29, 0.717) is 17.2 Å². The average molecular weight is 336 g/mol. The second-order valence-corrected chi connectivity index (χ2v) is 6.35. The van der Waals surface area contributed by atoms with Gasteiger partial charge in [-0.15, -0.1) is 10.2 Å². The van der Waals surface area contributed by atoms with Gasteiger partial charge in [0.15, 0.2) is 11.6 Å². The summed E-state index contributed by atoms with van der Waals surface area (Å²) in [6, 6.07) is 11.1. The zero-order valence-electron chi connectivity index (χ0n) is 14.2. The summed E-state index contributed by atoms with van der Waals surface area (Å²) in [5.74, 6) is 2.67. The predicted octanol–water partition coefficient (Wildman–Crippen LogP) is 3.83. The monoisotopic (exact) mass is 336 g/mol. The van der Waals surface area contributed by atoms with Gasteiger partial charge in [0.25, 0.3) is 5.91 Å². The van der Waals surface area contributed by atoms with Crippen LogP contribution in [0.25, 0.3) is 11.4 Å². The van der Waals surface area contributed by atoms with Crippen molar-refractivity contribution < 1.29 is 9.21 Å². The van der Waals surface area contributed by atoms with E-state index >= 15 is 0 Å². The van der Waals surface area contributed by atoms with Gasteiger partial charge >= 0.3 is 0 Å². The SMILES string of the molecule is Cc1ccc(C(=O)Nc2cccc(-c3nnc4n3CCCCC4)c2)o1. The van der Waals surface area contributed by atoms with Crippen molar-refractivity contribution in [3.63, 3.8) is 0 Å². The Balaban J connectivity index is 1.60. The third-order valence-electron chi connectivity index (χ3n) is 4.45. The fourth-order valence-electron chi connectivity index (χ4n) is 3.18. The number of benzene rings is 1. The molecule has 2 aromatic heterocycles. The number of rotatable bonds is 3. The number of anilines is 1. The van der Waals surface area contributed by atoms with Gasteiger partial charge in [0.2, 0.25) is 0 Å². The Kier molecular flexibility index (Phi) is 4.09. The maximum absolute atomic E-state index is 12.3. The third kappa shape index (κ3) is 3.20. The standard InChI is InChI=1S/C19H20N4O2/c1-13-9-10-16(25-13)19(24)20-15-7-5-6-14(12-15)18-22-21-17-8-3-2-4-11-23(17)18/h5-7,9-10,12H,2-4,8,11H2,1H3,(H,20,24). The molecular formula is C19H20N4O2. The number of fused-ring (bicyclic) bond motifs is 1. The van der Waals surface area contributed by atoms with Gasteiger partial charge in [-0.2, -0.15) is 0 Å². The van der Waals surface area contributed by atoms with Gasteiger partial charge in [0.05, 0.1) is 0 Å². The molecule has 0 saturated carbocycles. The number of furan rings is 1. The van der Waals surface area contributed by atoms with Crippen molar-refractivity contribution in [2.45, 2.75) is 39.2 Å². The van der Waals surface area contributed by atoms with Crippen LogP contribution in [0.1, 0.15) is 41.4 Å². The quantitative estimate of drug-likeness (QED) is 0.789. The van der Waals surface area contributed by atoms with Gasteiger partial charge in [-0.05, 0) is 44.0 Å². The minimum Gasteiger partial charge on any atom is -0.456 e. The number of carbonyl (C=O) groups excluding carboxylic acids is 1. The van der Waals surface area contributed by atoms with Crippen molar-refractivity contribution in [3.8, 4) is 11.4 Å². The molecule has 0 saturated heterocycles. The third-order valence-corrected chi connectivity index (χ3v) is 4.45. The summed E-state index contributed by atoms with van der Waals surface area (Å²) in [6.45, 7) is 2.76. The molecule has 3 heterocycles.